The molecule has 4 nitrogen and oxygen atoms in total. The smallest absolute Gasteiger partial charge is 0.160 e. The number of aryl methyl sites for hydroxylation is 1. The van der Waals surface area contributed by atoms with E-state index in [1.807, 2.05) is 76.2 Å². The van der Waals surface area contributed by atoms with E-state index >= 15 is 0 Å². The molecule has 3 rings (SSSR count). The monoisotopic (exact) mass is 511 g/mol. The van der Waals surface area contributed by atoms with Crippen molar-refractivity contribution in [2.75, 3.05) is 13.2 Å². The van der Waals surface area contributed by atoms with Crippen LogP contribution in [0.15, 0.2) is 60.7 Å². The molecule has 36 heavy (non-hydrogen) atoms. The summed E-state index contributed by atoms with van der Waals surface area (Å²) in [4.78, 5) is 11.8. The molecule has 0 aliphatic heterocycles. The second-order valence-electron chi connectivity index (χ2n) is 9.99. The van der Waals surface area contributed by atoms with Gasteiger partial charge in [0.25, 0.3) is 0 Å². The predicted octanol–water partition coefficient (Wildman–Crippen LogP) is 6.71. The van der Waals surface area contributed by atoms with Crippen LogP contribution in [-0.2, 0) is 11.2 Å². The Morgan fingerprint density at radius 2 is 1.86 bits per heavy atom. The molecule has 0 amide bonds. The third-order valence-corrected chi connectivity index (χ3v) is 6.61. The van der Waals surface area contributed by atoms with E-state index in [0.717, 1.165) is 33.4 Å². The number of aliphatic hydroxyl groups is 1. The van der Waals surface area contributed by atoms with E-state index in [-0.39, 0.29) is 29.1 Å². The zero-order chi connectivity index (χ0) is 26.5. The fourth-order valence-electron chi connectivity index (χ4n) is 4.36. The Morgan fingerprint density at radius 1 is 1.14 bits per heavy atom. The van der Waals surface area contributed by atoms with Gasteiger partial charge in [-0.25, -0.2) is 4.39 Å². The maximum atomic E-state index is 13.8. The number of Topliss-reactive ketones (excluding diaryl/α,β-unsaturated/α-hetero) is 1. The van der Waals surface area contributed by atoms with Crippen LogP contribution in [0.4, 0.5) is 4.39 Å². The lowest BCUT2D eigenvalue weighted by molar-refractivity contribution is -0.00397. The van der Waals surface area contributed by atoms with Gasteiger partial charge in [-0.2, -0.15) is 0 Å². The summed E-state index contributed by atoms with van der Waals surface area (Å²) in [6.45, 7) is 9.99. The molecule has 0 heterocycles. The predicted molar refractivity (Wildman–Crippen MR) is 144 cm³/mol. The Morgan fingerprint density at radius 3 is 2.53 bits per heavy atom. The number of halogens is 2. The van der Waals surface area contributed by atoms with Gasteiger partial charge in [0, 0.05) is 17.6 Å². The Bertz CT molecular complexity index is 1210. The van der Waals surface area contributed by atoms with Crippen molar-refractivity contribution < 1.29 is 19.0 Å². The van der Waals surface area contributed by atoms with Gasteiger partial charge in [0.2, 0.25) is 0 Å². The molecule has 6 heteroatoms. The van der Waals surface area contributed by atoms with Crippen LogP contribution in [0.5, 0.6) is 0 Å². The van der Waals surface area contributed by atoms with Gasteiger partial charge in [-0.05, 0) is 81.0 Å². The van der Waals surface area contributed by atoms with Crippen LogP contribution < -0.4 is 5.32 Å². The summed E-state index contributed by atoms with van der Waals surface area (Å²) < 4.78 is 19.8. The summed E-state index contributed by atoms with van der Waals surface area (Å²) in [5, 5.41) is 14.0. The fourth-order valence-corrected chi connectivity index (χ4v) is 4.48. The van der Waals surface area contributed by atoms with Gasteiger partial charge in [-0.3, -0.25) is 4.79 Å². The zero-order valence-electron chi connectivity index (χ0n) is 21.6. The molecule has 0 unspecified atom stereocenters. The van der Waals surface area contributed by atoms with E-state index in [9.17, 15) is 14.3 Å². The van der Waals surface area contributed by atoms with Crippen LogP contribution >= 0.6 is 11.6 Å². The number of carbonyl (C=O) groups excluding carboxylic acids is 1. The molecule has 3 aromatic rings. The Kier molecular flexibility index (Phi) is 9.42. The fraction of sp³-hybridized carbons (Fsp3) is 0.367. The van der Waals surface area contributed by atoms with Crippen LogP contribution in [0.2, 0.25) is 5.02 Å². The number of carbonyl (C=O) groups is 1. The van der Waals surface area contributed by atoms with Crippen LogP contribution in [0.3, 0.4) is 0 Å². The molecule has 0 bridgehead atoms. The number of nitrogens with one attached hydrogen (secondary N) is 1. The topological polar surface area (TPSA) is 58.6 Å². The van der Waals surface area contributed by atoms with Crippen molar-refractivity contribution in [3.05, 3.63) is 93.8 Å². The van der Waals surface area contributed by atoms with Crippen molar-refractivity contribution >= 4 is 17.4 Å². The maximum Gasteiger partial charge on any atom is 0.160 e. The van der Waals surface area contributed by atoms with Crippen LogP contribution in [0.1, 0.15) is 60.8 Å². The summed E-state index contributed by atoms with van der Waals surface area (Å²) in [6.07, 6.45) is -0.369. The molecular formula is C30H35ClFNO3. The summed E-state index contributed by atoms with van der Waals surface area (Å²) in [5.41, 5.74) is 5.20. The van der Waals surface area contributed by atoms with Crippen LogP contribution in [0, 0.1) is 12.7 Å². The number of benzene rings is 3. The van der Waals surface area contributed by atoms with Gasteiger partial charge in [-0.15, -0.1) is 0 Å². The highest BCUT2D eigenvalue weighted by atomic mass is 35.5. The van der Waals surface area contributed by atoms with Gasteiger partial charge in [0.05, 0.1) is 23.8 Å². The van der Waals surface area contributed by atoms with Crippen molar-refractivity contribution in [3.8, 4) is 11.1 Å². The summed E-state index contributed by atoms with van der Waals surface area (Å²) >= 11 is 5.78. The third kappa shape index (κ3) is 7.47. The summed E-state index contributed by atoms with van der Waals surface area (Å²) in [7, 11) is 0. The van der Waals surface area contributed by atoms with E-state index in [1.54, 1.807) is 13.0 Å². The number of ketones is 1. The van der Waals surface area contributed by atoms with E-state index in [0.29, 0.717) is 13.0 Å². The van der Waals surface area contributed by atoms with Gasteiger partial charge in [0.1, 0.15) is 5.82 Å². The molecule has 0 radical (unpaired) electrons. The Labute approximate surface area is 218 Å². The van der Waals surface area contributed by atoms with Gasteiger partial charge in [0.15, 0.2) is 5.78 Å². The lowest BCUT2D eigenvalue weighted by Gasteiger charge is -2.28. The minimum atomic E-state index is -0.710. The number of rotatable bonds is 11. The molecular weight excluding hydrogens is 477 g/mol. The van der Waals surface area contributed by atoms with Crippen molar-refractivity contribution in [1.29, 1.82) is 0 Å². The highest BCUT2D eigenvalue weighted by Gasteiger charge is 2.21. The quantitative estimate of drug-likeness (QED) is 0.281. The molecule has 0 spiro atoms. The second kappa shape index (κ2) is 12.1. The molecule has 0 aliphatic carbocycles. The Hall–Kier alpha value is -2.57. The highest BCUT2D eigenvalue weighted by Crippen LogP contribution is 2.31. The van der Waals surface area contributed by atoms with E-state index in [1.165, 1.54) is 6.07 Å². The average molecular weight is 512 g/mol. The minimum Gasteiger partial charge on any atom is -0.389 e. The average Bonchev–Trinajstić information content (AvgIpc) is 2.83. The molecule has 0 saturated heterocycles. The number of hydrogen-bond donors (Lipinski definition) is 2. The first-order valence-corrected chi connectivity index (χ1v) is 12.5. The number of aliphatic hydroxyl groups excluding tert-OH is 1. The number of β-amino-alcohol motifs (C(OH)–C–C–N with tert-alkyl or cyclic N) is 1. The van der Waals surface area contributed by atoms with Crippen LogP contribution in [-0.4, -0.2) is 35.7 Å². The largest absolute Gasteiger partial charge is 0.389 e. The molecule has 2 N–H and O–H groups in total. The number of ether oxygens (including phenoxy) is 1. The van der Waals surface area contributed by atoms with Crippen molar-refractivity contribution in [3.63, 3.8) is 0 Å². The standard InChI is InChI=1S/C30H35ClFNO3/c1-19-14-23(11-12-25(19)20(2)34)27-9-7-6-8-26(27)21(3)36-18-24(35)17-33-30(4,5)16-22-10-13-28(31)29(32)15-22/h6-15,21,24,33,35H,16-18H2,1-5H3/t21-,24-/m1/s1. The number of hydrogen-bond acceptors (Lipinski definition) is 4. The molecule has 0 aliphatic rings. The Balaban J connectivity index is 1.59. The molecule has 192 valence electrons. The van der Waals surface area contributed by atoms with Crippen molar-refractivity contribution in [2.45, 2.75) is 58.8 Å². The zero-order valence-corrected chi connectivity index (χ0v) is 22.3. The summed E-state index contributed by atoms with van der Waals surface area (Å²) in [6, 6.07) is 18.7. The molecule has 0 fully saturated rings. The van der Waals surface area contributed by atoms with E-state index < -0.39 is 11.9 Å². The molecule has 0 saturated carbocycles. The second-order valence-corrected chi connectivity index (χ2v) is 10.4. The lowest BCUT2D eigenvalue weighted by Crippen LogP contribution is -2.46. The molecule has 0 aromatic heterocycles. The summed E-state index contributed by atoms with van der Waals surface area (Å²) in [5.74, 6) is -0.382. The van der Waals surface area contributed by atoms with Gasteiger partial charge >= 0.3 is 0 Å². The van der Waals surface area contributed by atoms with Gasteiger partial charge in [-0.1, -0.05) is 60.1 Å². The lowest BCUT2D eigenvalue weighted by atomic mass is 9.93. The van der Waals surface area contributed by atoms with Crippen LogP contribution in [0.25, 0.3) is 11.1 Å². The first-order valence-electron chi connectivity index (χ1n) is 12.2. The molecule has 2 atom stereocenters. The van der Waals surface area contributed by atoms with Gasteiger partial charge < -0.3 is 15.2 Å². The first kappa shape index (κ1) is 28.0. The van der Waals surface area contributed by atoms with E-state index in [4.69, 9.17) is 16.3 Å². The maximum absolute atomic E-state index is 13.8. The minimum absolute atomic E-state index is 0.0511. The van der Waals surface area contributed by atoms with E-state index in [2.05, 4.69) is 5.32 Å². The van der Waals surface area contributed by atoms with Crippen molar-refractivity contribution in [2.24, 2.45) is 0 Å². The van der Waals surface area contributed by atoms with Crippen molar-refractivity contribution in [1.82, 2.24) is 5.32 Å². The third-order valence-electron chi connectivity index (χ3n) is 6.30. The molecule has 3 aromatic carbocycles. The first-order chi connectivity index (χ1) is 17.0. The highest BCUT2D eigenvalue weighted by molar-refractivity contribution is 6.30. The SMILES string of the molecule is CC(=O)c1ccc(-c2ccccc2[C@@H](C)OC[C@H](O)CNC(C)(C)Cc2ccc(Cl)c(F)c2)cc1C. The normalized spacial score (nSPS) is 13.4.